The van der Waals surface area contributed by atoms with Gasteiger partial charge in [-0.1, -0.05) is 72.3 Å². The fraction of sp³-hybridized carbons (Fsp3) is 0.129. The first-order chi connectivity index (χ1) is 18.4. The molecule has 5 N–H and O–H groups in total. The van der Waals surface area contributed by atoms with Crippen molar-refractivity contribution < 1.29 is 14.4 Å². The number of hydrogen-bond acceptors (Lipinski definition) is 4. The van der Waals surface area contributed by atoms with Crippen LogP contribution in [0.4, 0.5) is 17.1 Å². The average Bonchev–Trinajstić information content (AvgIpc) is 2.93. The summed E-state index contributed by atoms with van der Waals surface area (Å²) in [6.07, 6.45) is 0.790. The van der Waals surface area contributed by atoms with E-state index < -0.39 is 6.04 Å². The van der Waals surface area contributed by atoms with Crippen LogP contribution in [0.3, 0.4) is 0 Å². The van der Waals surface area contributed by atoms with E-state index in [9.17, 15) is 14.4 Å². The van der Waals surface area contributed by atoms with E-state index in [1.807, 2.05) is 61.5 Å². The van der Waals surface area contributed by atoms with E-state index in [0.29, 0.717) is 34.6 Å². The van der Waals surface area contributed by atoms with Crippen LogP contribution in [0, 0.1) is 6.92 Å². The summed E-state index contributed by atoms with van der Waals surface area (Å²) in [6, 6.07) is 29.7. The van der Waals surface area contributed by atoms with Crippen LogP contribution in [0.25, 0.3) is 0 Å². The van der Waals surface area contributed by atoms with Gasteiger partial charge in [0.05, 0.1) is 11.4 Å². The third-order valence-corrected chi connectivity index (χ3v) is 6.09. The molecule has 0 saturated heterocycles. The summed E-state index contributed by atoms with van der Waals surface area (Å²) in [4.78, 5) is 38.9. The Labute approximate surface area is 222 Å². The number of nitrogens with two attached hydrogens (primary N) is 1. The van der Waals surface area contributed by atoms with Crippen LogP contribution < -0.4 is 21.7 Å². The van der Waals surface area contributed by atoms with Gasteiger partial charge in [0.2, 0.25) is 5.91 Å². The van der Waals surface area contributed by atoms with Crippen molar-refractivity contribution in [1.82, 2.24) is 5.32 Å². The maximum Gasteiger partial charge on any atom is 0.255 e. The Morgan fingerprint density at radius 3 is 2.11 bits per heavy atom. The molecule has 0 heterocycles. The summed E-state index contributed by atoms with van der Waals surface area (Å²) >= 11 is 0. The van der Waals surface area contributed by atoms with Crippen LogP contribution >= 0.6 is 0 Å². The van der Waals surface area contributed by atoms with E-state index in [1.54, 1.807) is 48.5 Å². The van der Waals surface area contributed by atoms with Crippen molar-refractivity contribution in [1.29, 1.82) is 0 Å². The highest BCUT2D eigenvalue weighted by Crippen LogP contribution is 2.21. The van der Waals surface area contributed by atoms with Crippen molar-refractivity contribution in [3.8, 4) is 0 Å². The fourth-order valence-electron chi connectivity index (χ4n) is 3.92. The lowest BCUT2D eigenvalue weighted by atomic mass is 10.0. The van der Waals surface area contributed by atoms with Gasteiger partial charge in [-0.2, -0.15) is 0 Å². The molecule has 0 aliphatic carbocycles. The molecule has 7 heteroatoms. The molecule has 0 saturated carbocycles. The lowest BCUT2D eigenvalue weighted by molar-refractivity contribution is -0.126. The van der Waals surface area contributed by atoms with Gasteiger partial charge >= 0.3 is 0 Å². The Morgan fingerprint density at radius 1 is 0.763 bits per heavy atom. The van der Waals surface area contributed by atoms with Gasteiger partial charge in [-0.05, 0) is 60.9 Å². The monoisotopic (exact) mass is 506 g/mol. The summed E-state index contributed by atoms with van der Waals surface area (Å²) in [5, 5.41) is 8.53. The number of nitrogens with one attached hydrogen (secondary N) is 3. The summed E-state index contributed by atoms with van der Waals surface area (Å²) in [7, 11) is 0. The number of nitrogen functional groups attached to an aromatic ring is 1. The van der Waals surface area contributed by atoms with E-state index in [4.69, 9.17) is 5.73 Å². The van der Waals surface area contributed by atoms with Crippen molar-refractivity contribution in [2.24, 2.45) is 0 Å². The number of hydrogen-bond donors (Lipinski definition) is 4. The predicted octanol–water partition coefficient (Wildman–Crippen LogP) is 5.26. The molecule has 0 aromatic heterocycles. The molecule has 192 valence electrons. The molecule has 1 unspecified atom stereocenters. The summed E-state index contributed by atoms with van der Waals surface area (Å²) < 4.78 is 0. The van der Waals surface area contributed by atoms with Gasteiger partial charge < -0.3 is 21.7 Å². The summed E-state index contributed by atoms with van der Waals surface area (Å²) in [5.41, 5.74) is 10.6. The Bertz CT molecular complexity index is 1400. The largest absolute Gasteiger partial charge is 0.397 e. The number of rotatable bonds is 9. The summed E-state index contributed by atoms with van der Waals surface area (Å²) in [6.45, 7) is 1.96. The Kier molecular flexibility index (Phi) is 8.51. The minimum absolute atomic E-state index is 0.233. The first kappa shape index (κ1) is 26.2. The van der Waals surface area contributed by atoms with Crippen LogP contribution in [0.2, 0.25) is 0 Å². The molecule has 4 aromatic carbocycles. The number of aryl methyl sites for hydroxylation is 2. The van der Waals surface area contributed by atoms with Crippen LogP contribution in [0.15, 0.2) is 103 Å². The Morgan fingerprint density at radius 2 is 1.42 bits per heavy atom. The van der Waals surface area contributed by atoms with Gasteiger partial charge in [0.25, 0.3) is 11.8 Å². The average molecular weight is 507 g/mol. The standard InChI is InChI=1S/C31H30N4O3/c1-21-11-18-25(19-12-21)33-31(38)29(35-28(36)20-13-22-7-3-2-4-8-22)23-14-16-24(17-15-23)30(37)34-27-10-6-5-9-26(27)32/h2-12,14-19,29H,13,20,32H2,1H3,(H,33,38)(H,34,37)(H,35,36). The highest BCUT2D eigenvalue weighted by Gasteiger charge is 2.23. The van der Waals surface area contributed by atoms with Crippen LogP contribution in [0.5, 0.6) is 0 Å². The van der Waals surface area contributed by atoms with Crippen molar-refractivity contribution in [2.75, 3.05) is 16.4 Å². The van der Waals surface area contributed by atoms with E-state index in [1.165, 1.54) is 0 Å². The lowest BCUT2D eigenvalue weighted by Gasteiger charge is -2.19. The molecule has 0 spiro atoms. The molecule has 0 aliphatic rings. The molecule has 0 radical (unpaired) electrons. The molecule has 38 heavy (non-hydrogen) atoms. The maximum atomic E-state index is 13.3. The second kappa shape index (κ2) is 12.4. The third-order valence-electron chi connectivity index (χ3n) is 6.09. The molecule has 0 aliphatic heterocycles. The van der Waals surface area contributed by atoms with Gasteiger partial charge in [0.15, 0.2) is 0 Å². The van der Waals surface area contributed by atoms with E-state index in [0.717, 1.165) is 11.1 Å². The number of benzene rings is 4. The molecule has 4 aromatic rings. The highest BCUT2D eigenvalue weighted by molar-refractivity contribution is 6.06. The van der Waals surface area contributed by atoms with Crippen molar-refractivity contribution in [3.63, 3.8) is 0 Å². The zero-order valence-electron chi connectivity index (χ0n) is 21.1. The number of amides is 3. The number of anilines is 3. The van der Waals surface area contributed by atoms with Gasteiger partial charge in [0, 0.05) is 17.7 Å². The van der Waals surface area contributed by atoms with E-state index >= 15 is 0 Å². The van der Waals surface area contributed by atoms with Gasteiger partial charge in [-0.25, -0.2) is 0 Å². The molecule has 0 bridgehead atoms. The SMILES string of the molecule is Cc1ccc(NC(=O)C(NC(=O)CCc2ccccc2)c2ccc(C(=O)Nc3ccccc3N)cc2)cc1. The third kappa shape index (κ3) is 7.07. The molecular formula is C31H30N4O3. The van der Waals surface area contributed by atoms with Gasteiger partial charge in [-0.3, -0.25) is 14.4 Å². The lowest BCUT2D eigenvalue weighted by Crippen LogP contribution is -2.37. The molecule has 4 rings (SSSR count). The second-order valence-electron chi connectivity index (χ2n) is 9.00. The second-order valence-corrected chi connectivity index (χ2v) is 9.00. The molecule has 1 atom stereocenters. The smallest absolute Gasteiger partial charge is 0.255 e. The van der Waals surface area contributed by atoms with Crippen molar-refractivity contribution in [3.05, 3.63) is 125 Å². The van der Waals surface area contributed by atoms with Crippen LogP contribution in [-0.4, -0.2) is 17.7 Å². The Hall–Kier alpha value is -4.91. The minimum atomic E-state index is -0.943. The first-order valence-electron chi connectivity index (χ1n) is 12.4. The van der Waals surface area contributed by atoms with Crippen LogP contribution in [-0.2, 0) is 16.0 Å². The number of para-hydroxylation sites is 2. The highest BCUT2D eigenvalue weighted by atomic mass is 16.2. The summed E-state index contributed by atoms with van der Waals surface area (Å²) in [5.74, 6) is -0.961. The molecule has 3 amide bonds. The fourth-order valence-corrected chi connectivity index (χ4v) is 3.92. The van der Waals surface area contributed by atoms with Crippen LogP contribution in [0.1, 0.15) is 39.5 Å². The zero-order chi connectivity index (χ0) is 26.9. The van der Waals surface area contributed by atoms with Crippen molar-refractivity contribution in [2.45, 2.75) is 25.8 Å². The first-order valence-corrected chi connectivity index (χ1v) is 12.4. The van der Waals surface area contributed by atoms with Gasteiger partial charge in [-0.15, -0.1) is 0 Å². The predicted molar refractivity (Wildman–Crippen MR) is 151 cm³/mol. The Balaban J connectivity index is 1.50. The van der Waals surface area contributed by atoms with E-state index in [-0.39, 0.29) is 24.1 Å². The topological polar surface area (TPSA) is 113 Å². The zero-order valence-corrected chi connectivity index (χ0v) is 21.1. The van der Waals surface area contributed by atoms with E-state index in [2.05, 4.69) is 16.0 Å². The normalized spacial score (nSPS) is 11.3. The van der Waals surface area contributed by atoms with Crippen molar-refractivity contribution >= 4 is 34.8 Å². The number of carbonyl (C=O) groups is 3. The minimum Gasteiger partial charge on any atom is -0.397 e. The van der Waals surface area contributed by atoms with Gasteiger partial charge in [0.1, 0.15) is 6.04 Å². The molecule has 7 nitrogen and oxygen atoms in total. The maximum absolute atomic E-state index is 13.3. The number of carbonyl (C=O) groups excluding carboxylic acids is 3. The quantitative estimate of drug-likeness (QED) is 0.232. The molecular weight excluding hydrogens is 476 g/mol. The molecule has 0 fully saturated rings.